The van der Waals surface area contributed by atoms with Gasteiger partial charge >= 0.3 is 6.03 Å². The SMILES string of the molecule is C[C@H]1CCCC[C@@]12NC(=O)N(CCCCN1C(=O)c3ccccc3C1=O)C2=O. The van der Waals surface area contributed by atoms with Crippen molar-refractivity contribution in [3.05, 3.63) is 35.4 Å². The number of benzene rings is 1. The maximum atomic E-state index is 12.9. The molecule has 0 unspecified atom stereocenters. The fraction of sp³-hybridized carbons (Fsp3) is 0.524. The van der Waals surface area contributed by atoms with E-state index < -0.39 is 5.54 Å². The number of carbonyl (C=O) groups excluding carboxylic acids is 4. The van der Waals surface area contributed by atoms with Crippen LogP contribution in [0.2, 0.25) is 0 Å². The molecule has 4 rings (SSSR count). The molecule has 7 nitrogen and oxygen atoms in total. The highest BCUT2D eigenvalue weighted by Crippen LogP contribution is 2.38. The number of hydrogen-bond donors (Lipinski definition) is 1. The molecule has 1 aliphatic carbocycles. The minimum Gasteiger partial charge on any atom is -0.323 e. The fourth-order valence-corrected chi connectivity index (χ4v) is 4.68. The summed E-state index contributed by atoms with van der Waals surface area (Å²) in [5.41, 5.74) is 0.141. The fourth-order valence-electron chi connectivity index (χ4n) is 4.68. The van der Waals surface area contributed by atoms with E-state index in [-0.39, 0.29) is 36.2 Å². The summed E-state index contributed by atoms with van der Waals surface area (Å²) in [6.07, 6.45) is 4.78. The third-order valence-electron chi connectivity index (χ3n) is 6.39. The van der Waals surface area contributed by atoms with E-state index in [0.29, 0.717) is 36.9 Å². The lowest BCUT2D eigenvalue weighted by Crippen LogP contribution is -2.53. The van der Waals surface area contributed by atoms with Crippen LogP contribution in [0.1, 0.15) is 66.2 Å². The highest BCUT2D eigenvalue weighted by Gasteiger charge is 2.54. The summed E-state index contributed by atoms with van der Waals surface area (Å²) in [5, 5.41) is 2.95. The molecule has 0 radical (unpaired) electrons. The van der Waals surface area contributed by atoms with Gasteiger partial charge in [0.2, 0.25) is 0 Å². The Morgan fingerprint density at radius 2 is 1.57 bits per heavy atom. The van der Waals surface area contributed by atoms with E-state index in [2.05, 4.69) is 5.32 Å². The van der Waals surface area contributed by atoms with Crippen LogP contribution >= 0.6 is 0 Å². The lowest BCUT2D eigenvalue weighted by Gasteiger charge is -2.36. The summed E-state index contributed by atoms with van der Waals surface area (Å²) >= 11 is 0. The van der Waals surface area contributed by atoms with Gasteiger partial charge in [-0.15, -0.1) is 0 Å². The van der Waals surface area contributed by atoms with Crippen LogP contribution in [-0.4, -0.2) is 52.2 Å². The summed E-state index contributed by atoms with van der Waals surface area (Å²) in [6.45, 7) is 2.63. The van der Waals surface area contributed by atoms with Gasteiger partial charge in [-0.2, -0.15) is 0 Å². The zero-order valence-electron chi connectivity index (χ0n) is 16.1. The quantitative estimate of drug-likeness (QED) is 0.481. The molecule has 1 aromatic rings. The molecule has 0 aromatic heterocycles. The van der Waals surface area contributed by atoms with Gasteiger partial charge in [0.05, 0.1) is 11.1 Å². The summed E-state index contributed by atoms with van der Waals surface area (Å²) in [4.78, 5) is 52.6. The smallest absolute Gasteiger partial charge is 0.323 e. The molecule has 2 fully saturated rings. The Morgan fingerprint density at radius 3 is 2.18 bits per heavy atom. The lowest BCUT2D eigenvalue weighted by molar-refractivity contribution is -0.134. The van der Waals surface area contributed by atoms with Gasteiger partial charge in [0, 0.05) is 13.1 Å². The van der Waals surface area contributed by atoms with Gasteiger partial charge in [-0.25, -0.2) is 4.79 Å². The van der Waals surface area contributed by atoms with Crippen molar-refractivity contribution in [3.8, 4) is 0 Å². The molecule has 148 valence electrons. The van der Waals surface area contributed by atoms with Crippen LogP contribution in [0, 0.1) is 5.92 Å². The Hall–Kier alpha value is -2.70. The standard InChI is InChI=1S/C21H25N3O4/c1-14-8-4-5-11-21(14)19(27)24(20(28)22-21)13-7-6-12-23-17(25)15-9-2-3-10-16(15)18(23)26/h2-3,9-10,14H,4-8,11-13H2,1H3,(H,22,28)/t14-,21+/m0/s1. The summed E-state index contributed by atoms with van der Waals surface area (Å²) < 4.78 is 0. The molecular formula is C21H25N3O4. The van der Waals surface area contributed by atoms with Crippen molar-refractivity contribution in [2.24, 2.45) is 5.92 Å². The monoisotopic (exact) mass is 383 g/mol. The van der Waals surface area contributed by atoms with E-state index in [0.717, 1.165) is 19.3 Å². The number of amides is 5. The van der Waals surface area contributed by atoms with E-state index in [9.17, 15) is 19.2 Å². The lowest BCUT2D eigenvalue weighted by atomic mass is 9.73. The van der Waals surface area contributed by atoms with Crippen LogP contribution in [0.3, 0.4) is 0 Å². The van der Waals surface area contributed by atoms with Crippen LogP contribution in [0.5, 0.6) is 0 Å². The largest absolute Gasteiger partial charge is 0.325 e. The van der Waals surface area contributed by atoms with Crippen molar-refractivity contribution in [3.63, 3.8) is 0 Å². The molecule has 3 aliphatic rings. The van der Waals surface area contributed by atoms with Crippen molar-refractivity contribution in [1.82, 2.24) is 15.1 Å². The number of rotatable bonds is 5. The highest BCUT2D eigenvalue weighted by molar-refractivity contribution is 6.21. The van der Waals surface area contributed by atoms with Crippen molar-refractivity contribution in [2.75, 3.05) is 13.1 Å². The van der Waals surface area contributed by atoms with Gasteiger partial charge in [0.25, 0.3) is 17.7 Å². The molecule has 2 heterocycles. The van der Waals surface area contributed by atoms with Crippen molar-refractivity contribution < 1.29 is 19.2 Å². The van der Waals surface area contributed by atoms with Gasteiger partial charge in [0.15, 0.2) is 0 Å². The number of carbonyl (C=O) groups is 4. The number of fused-ring (bicyclic) bond motifs is 1. The number of nitrogens with one attached hydrogen (secondary N) is 1. The molecule has 7 heteroatoms. The second kappa shape index (κ2) is 7.04. The summed E-state index contributed by atoms with van der Waals surface area (Å²) in [6, 6.07) is 6.49. The van der Waals surface area contributed by atoms with Gasteiger partial charge in [-0.05, 0) is 43.7 Å². The first-order chi connectivity index (χ1) is 13.5. The van der Waals surface area contributed by atoms with Gasteiger partial charge in [0.1, 0.15) is 5.54 Å². The minimum absolute atomic E-state index is 0.120. The van der Waals surface area contributed by atoms with E-state index in [1.807, 2.05) is 6.92 Å². The molecule has 1 aromatic carbocycles. The number of urea groups is 1. The van der Waals surface area contributed by atoms with E-state index in [1.165, 1.54) is 9.80 Å². The topological polar surface area (TPSA) is 86.8 Å². The van der Waals surface area contributed by atoms with E-state index in [1.54, 1.807) is 24.3 Å². The number of hydrogen-bond acceptors (Lipinski definition) is 4. The first kappa shape index (κ1) is 18.7. The summed E-state index contributed by atoms with van der Waals surface area (Å²) in [7, 11) is 0. The minimum atomic E-state index is -0.738. The van der Waals surface area contributed by atoms with Crippen LogP contribution in [0.15, 0.2) is 24.3 Å². The first-order valence-corrected chi connectivity index (χ1v) is 10.0. The van der Waals surface area contributed by atoms with Crippen molar-refractivity contribution >= 4 is 23.8 Å². The van der Waals surface area contributed by atoms with Crippen LogP contribution in [-0.2, 0) is 4.79 Å². The van der Waals surface area contributed by atoms with Crippen molar-refractivity contribution in [2.45, 2.75) is 51.0 Å². The molecule has 2 aliphatic heterocycles. The third-order valence-corrected chi connectivity index (χ3v) is 6.39. The molecule has 5 amide bonds. The number of nitrogens with zero attached hydrogens (tertiary/aromatic N) is 2. The second-order valence-electron chi connectivity index (χ2n) is 8.02. The molecule has 0 bridgehead atoms. The Morgan fingerprint density at radius 1 is 0.964 bits per heavy atom. The Labute approximate surface area is 164 Å². The molecule has 28 heavy (non-hydrogen) atoms. The van der Waals surface area contributed by atoms with Gasteiger partial charge in [-0.1, -0.05) is 31.9 Å². The maximum absolute atomic E-state index is 12.9. The van der Waals surface area contributed by atoms with Crippen LogP contribution in [0.25, 0.3) is 0 Å². The Bertz CT molecular complexity index is 817. The average molecular weight is 383 g/mol. The van der Waals surface area contributed by atoms with Gasteiger partial charge < -0.3 is 5.32 Å². The molecule has 1 N–H and O–H groups in total. The van der Waals surface area contributed by atoms with Crippen molar-refractivity contribution in [1.29, 1.82) is 0 Å². The third kappa shape index (κ3) is 2.80. The van der Waals surface area contributed by atoms with Crippen LogP contribution < -0.4 is 5.32 Å². The second-order valence-corrected chi connectivity index (χ2v) is 8.02. The zero-order chi connectivity index (χ0) is 19.9. The molecule has 2 atom stereocenters. The number of unbranched alkanes of at least 4 members (excludes halogenated alkanes) is 1. The number of imide groups is 2. The molecular weight excluding hydrogens is 358 g/mol. The molecule has 1 saturated heterocycles. The first-order valence-electron chi connectivity index (χ1n) is 10.0. The molecule has 1 saturated carbocycles. The summed E-state index contributed by atoms with van der Waals surface area (Å²) in [5.74, 6) is -0.525. The Kier molecular flexibility index (Phi) is 4.69. The average Bonchev–Trinajstić information content (AvgIpc) is 3.08. The predicted molar refractivity (Wildman–Crippen MR) is 102 cm³/mol. The van der Waals surface area contributed by atoms with E-state index in [4.69, 9.17) is 0 Å². The predicted octanol–water partition coefficient (Wildman–Crippen LogP) is 2.56. The van der Waals surface area contributed by atoms with Gasteiger partial charge in [-0.3, -0.25) is 24.2 Å². The van der Waals surface area contributed by atoms with E-state index >= 15 is 0 Å². The molecule has 1 spiro atoms. The normalized spacial score (nSPS) is 27.0. The van der Waals surface area contributed by atoms with Crippen LogP contribution in [0.4, 0.5) is 4.79 Å². The highest BCUT2D eigenvalue weighted by atomic mass is 16.2. The maximum Gasteiger partial charge on any atom is 0.325 e. The zero-order valence-corrected chi connectivity index (χ0v) is 16.1. The Balaban J connectivity index is 1.33.